The average Bonchev–Trinajstić information content (AvgIpc) is 2.83. The van der Waals surface area contributed by atoms with Gasteiger partial charge in [0.05, 0.1) is 13.1 Å². The van der Waals surface area contributed by atoms with E-state index in [0.29, 0.717) is 0 Å². The molecule has 0 spiro atoms. The van der Waals surface area contributed by atoms with Gasteiger partial charge in [-0.05, 0) is 69.2 Å². The number of alkyl carbamates (subject to hydrolysis) is 2. The Balaban J connectivity index is 4.44. The van der Waals surface area contributed by atoms with Crippen molar-refractivity contribution < 1.29 is 47.7 Å². The maximum atomic E-state index is 12.5. The third kappa shape index (κ3) is 18.4. The summed E-state index contributed by atoms with van der Waals surface area (Å²) in [7, 11) is 0. The van der Waals surface area contributed by atoms with Crippen LogP contribution in [0.4, 0.5) is 9.59 Å². The summed E-state index contributed by atoms with van der Waals surface area (Å²) in [6.45, 7) is 14.9. The molecule has 0 unspecified atom stereocenters. The molecule has 16 nitrogen and oxygen atoms in total. The number of esters is 2. The van der Waals surface area contributed by atoms with Crippen LogP contribution in [0.25, 0.3) is 0 Å². The third-order valence-corrected chi connectivity index (χ3v) is 4.51. The monoisotopic (exact) mass is 602 g/mol. The van der Waals surface area contributed by atoms with Crippen molar-refractivity contribution >= 4 is 35.9 Å². The summed E-state index contributed by atoms with van der Waals surface area (Å²) in [4.78, 5) is 71.6. The Bertz CT molecular complexity index is 919. The maximum Gasteiger partial charge on any atom is 0.408 e. The van der Waals surface area contributed by atoms with Crippen LogP contribution in [-0.2, 0) is 38.1 Å². The highest BCUT2D eigenvalue weighted by atomic mass is 16.6. The van der Waals surface area contributed by atoms with Gasteiger partial charge >= 0.3 is 24.1 Å². The number of hydrogen-bond acceptors (Lipinski definition) is 12. The quantitative estimate of drug-likeness (QED) is 0.0970. The van der Waals surface area contributed by atoms with E-state index < -0.39 is 71.3 Å². The van der Waals surface area contributed by atoms with E-state index in [2.05, 4.69) is 31.5 Å². The van der Waals surface area contributed by atoms with Crippen molar-refractivity contribution in [1.29, 1.82) is 0 Å². The van der Waals surface area contributed by atoms with E-state index >= 15 is 0 Å². The second kappa shape index (κ2) is 16.5. The fourth-order valence-corrected chi connectivity index (χ4v) is 2.45. The van der Waals surface area contributed by atoms with E-state index in [0.717, 1.165) is 0 Å². The minimum atomic E-state index is -1.35. The number of hydrogen-bond donors (Lipinski definition) is 4. The van der Waals surface area contributed by atoms with E-state index in [1.807, 2.05) is 0 Å². The molecule has 240 valence electrons. The molecule has 0 rings (SSSR count). The van der Waals surface area contributed by atoms with E-state index in [9.17, 15) is 28.8 Å². The van der Waals surface area contributed by atoms with Crippen LogP contribution in [-0.4, -0.2) is 97.6 Å². The first-order valence-corrected chi connectivity index (χ1v) is 13.3. The van der Waals surface area contributed by atoms with Crippen LogP contribution >= 0.6 is 0 Å². The highest BCUT2D eigenvalue weighted by Crippen LogP contribution is 2.16. The summed E-state index contributed by atoms with van der Waals surface area (Å²) in [6, 6.07) is 0. The standard InChI is InChI=1S/C26H46N6O10/c1-23(2,3)41-21(37)29-15-17(33)39-13-11-27-19(35)25(7,8)31-32-26(9,10)20(36)28-12-14-40-18(34)16-30-22(38)42-24(4,5)6/h11-16H2,1-10H3,(H,27,35)(H,28,36)(H,29,37)(H,30,38). The van der Waals surface area contributed by atoms with Crippen LogP contribution in [0.1, 0.15) is 69.2 Å². The molecule has 0 aromatic carbocycles. The van der Waals surface area contributed by atoms with E-state index in [1.54, 1.807) is 41.5 Å². The topological polar surface area (TPSA) is 212 Å². The van der Waals surface area contributed by atoms with E-state index in [4.69, 9.17) is 18.9 Å². The SMILES string of the molecule is CC(C)(C)OC(=O)NCC(=O)OCCNC(=O)C(C)(C)N=NC(C)(C)C(=O)NCCOC(=O)CNC(=O)OC(C)(C)C. The first-order valence-electron chi connectivity index (χ1n) is 13.3. The summed E-state index contributed by atoms with van der Waals surface area (Å²) in [5.74, 6) is -2.49. The van der Waals surface area contributed by atoms with Crippen molar-refractivity contribution in [3.05, 3.63) is 0 Å². The molecule has 0 aliphatic carbocycles. The van der Waals surface area contributed by atoms with Crippen LogP contribution in [0.3, 0.4) is 0 Å². The summed E-state index contributed by atoms with van der Waals surface area (Å²) < 4.78 is 19.9. The van der Waals surface area contributed by atoms with Crippen LogP contribution in [0.2, 0.25) is 0 Å². The molecule has 0 aliphatic heterocycles. The molecule has 0 radical (unpaired) electrons. The van der Waals surface area contributed by atoms with Gasteiger partial charge < -0.3 is 40.2 Å². The molecule has 0 heterocycles. The highest BCUT2D eigenvalue weighted by molar-refractivity contribution is 5.87. The average molecular weight is 603 g/mol. The van der Waals surface area contributed by atoms with Gasteiger partial charge in [-0.15, -0.1) is 0 Å². The predicted molar refractivity (Wildman–Crippen MR) is 149 cm³/mol. The Morgan fingerprint density at radius 2 is 0.833 bits per heavy atom. The number of ether oxygens (including phenoxy) is 4. The van der Waals surface area contributed by atoms with Gasteiger partial charge in [-0.1, -0.05) is 0 Å². The molecule has 0 atom stereocenters. The first-order chi connectivity index (χ1) is 19.0. The number of carbonyl (C=O) groups excluding carboxylic acids is 6. The Morgan fingerprint density at radius 1 is 0.524 bits per heavy atom. The largest absolute Gasteiger partial charge is 0.462 e. The number of rotatable bonds is 14. The lowest BCUT2D eigenvalue weighted by atomic mass is 10.0. The van der Waals surface area contributed by atoms with Crippen molar-refractivity contribution in [2.45, 2.75) is 91.5 Å². The lowest BCUT2D eigenvalue weighted by molar-refractivity contribution is -0.143. The van der Waals surface area contributed by atoms with Crippen molar-refractivity contribution in [3.8, 4) is 0 Å². The van der Waals surface area contributed by atoms with Crippen molar-refractivity contribution in [1.82, 2.24) is 21.3 Å². The van der Waals surface area contributed by atoms with Gasteiger partial charge in [-0.2, -0.15) is 10.2 Å². The summed E-state index contributed by atoms with van der Waals surface area (Å²) in [6.07, 6.45) is -1.52. The minimum absolute atomic E-state index is 0.0220. The van der Waals surface area contributed by atoms with Gasteiger partial charge in [0.15, 0.2) is 11.1 Å². The lowest BCUT2D eigenvalue weighted by Crippen LogP contribution is -2.45. The predicted octanol–water partition coefficient (Wildman–Crippen LogP) is 1.36. The fourth-order valence-electron chi connectivity index (χ4n) is 2.45. The molecular weight excluding hydrogens is 556 g/mol. The Hall–Kier alpha value is -3.98. The van der Waals surface area contributed by atoms with Crippen LogP contribution in [0, 0.1) is 0 Å². The molecule has 4 N–H and O–H groups in total. The molecule has 42 heavy (non-hydrogen) atoms. The third-order valence-electron chi connectivity index (χ3n) is 4.51. The number of azo groups is 1. The molecular formula is C26H46N6O10. The van der Waals surface area contributed by atoms with Crippen molar-refractivity contribution in [2.75, 3.05) is 39.4 Å². The van der Waals surface area contributed by atoms with Crippen LogP contribution in [0.15, 0.2) is 10.2 Å². The van der Waals surface area contributed by atoms with Gasteiger partial charge in [0.25, 0.3) is 0 Å². The molecule has 0 bridgehead atoms. The molecule has 16 heteroatoms. The Labute approximate surface area is 246 Å². The minimum Gasteiger partial charge on any atom is -0.462 e. The number of amides is 4. The molecule has 0 fully saturated rings. The summed E-state index contributed by atoms with van der Waals surface area (Å²) >= 11 is 0. The Kier molecular flexibility index (Phi) is 14.9. The zero-order valence-corrected chi connectivity index (χ0v) is 26.2. The second-order valence-electron chi connectivity index (χ2n) is 12.0. The molecule has 0 aliphatic rings. The second-order valence-corrected chi connectivity index (χ2v) is 12.0. The molecule has 0 saturated heterocycles. The number of nitrogens with one attached hydrogen (secondary N) is 4. The normalized spacial score (nSPS) is 12.1. The van der Waals surface area contributed by atoms with Gasteiger partial charge in [0.2, 0.25) is 11.8 Å². The Morgan fingerprint density at radius 3 is 1.12 bits per heavy atom. The number of carbonyl (C=O) groups is 6. The van der Waals surface area contributed by atoms with Gasteiger partial charge in [-0.25, -0.2) is 9.59 Å². The van der Waals surface area contributed by atoms with Crippen molar-refractivity contribution in [2.24, 2.45) is 10.2 Å². The smallest absolute Gasteiger partial charge is 0.408 e. The highest BCUT2D eigenvalue weighted by Gasteiger charge is 2.32. The van der Waals surface area contributed by atoms with E-state index in [-0.39, 0.29) is 26.3 Å². The molecule has 0 saturated carbocycles. The van der Waals surface area contributed by atoms with E-state index in [1.165, 1.54) is 27.7 Å². The summed E-state index contributed by atoms with van der Waals surface area (Å²) in [5, 5.41) is 17.7. The van der Waals surface area contributed by atoms with Gasteiger partial charge in [-0.3, -0.25) is 19.2 Å². The van der Waals surface area contributed by atoms with Gasteiger partial charge in [0, 0.05) is 0 Å². The lowest BCUT2D eigenvalue weighted by Gasteiger charge is -2.22. The molecule has 0 aromatic heterocycles. The molecule has 0 aromatic rings. The fraction of sp³-hybridized carbons (Fsp3) is 0.769. The van der Waals surface area contributed by atoms with Crippen LogP contribution in [0.5, 0.6) is 0 Å². The first kappa shape index (κ1) is 38.0. The zero-order valence-electron chi connectivity index (χ0n) is 26.2. The molecule has 4 amide bonds. The summed E-state index contributed by atoms with van der Waals surface area (Å²) in [5.41, 5.74) is -4.11. The number of nitrogens with zero attached hydrogens (tertiary/aromatic N) is 2. The van der Waals surface area contributed by atoms with Gasteiger partial charge in [0.1, 0.15) is 37.5 Å². The zero-order chi connectivity index (χ0) is 32.8. The van der Waals surface area contributed by atoms with Crippen molar-refractivity contribution in [3.63, 3.8) is 0 Å². The van der Waals surface area contributed by atoms with Crippen LogP contribution < -0.4 is 21.3 Å². The maximum absolute atomic E-state index is 12.5.